The Morgan fingerprint density at radius 2 is 1.74 bits per heavy atom. The minimum atomic E-state index is -6.07. The summed E-state index contributed by atoms with van der Waals surface area (Å²) in [7, 11) is 0. The van der Waals surface area contributed by atoms with Crippen LogP contribution in [0.3, 0.4) is 0 Å². The smallest absolute Gasteiger partial charge is 0.287 e. The van der Waals surface area contributed by atoms with E-state index in [1.807, 2.05) is 0 Å². The van der Waals surface area contributed by atoms with E-state index in [4.69, 9.17) is 0 Å². The van der Waals surface area contributed by atoms with Crippen LogP contribution in [0.2, 0.25) is 0 Å². The molecule has 0 unspecified atom stereocenters. The van der Waals surface area contributed by atoms with Crippen LogP contribution in [-0.4, -0.2) is 24.1 Å². The first-order valence-corrected chi connectivity index (χ1v) is 6.56. The van der Waals surface area contributed by atoms with Gasteiger partial charge in [0.25, 0.3) is 0 Å². The highest BCUT2D eigenvalue weighted by Gasteiger charge is 2.63. The van der Waals surface area contributed by atoms with Gasteiger partial charge in [-0.25, -0.2) is 4.39 Å². The van der Waals surface area contributed by atoms with Crippen LogP contribution in [0.1, 0.15) is 10.4 Å². The van der Waals surface area contributed by atoms with Crippen molar-refractivity contribution in [2.45, 2.75) is 17.0 Å². The summed E-state index contributed by atoms with van der Waals surface area (Å²) >= 11 is 3.59. The normalized spacial score (nSPS) is 12.6. The van der Waals surface area contributed by atoms with Crippen LogP contribution in [0.15, 0.2) is 21.5 Å². The molecular weight excluding hydrogens is 362 g/mol. The first-order chi connectivity index (χ1) is 8.52. The second kappa shape index (κ2) is 5.35. The number of benzene rings is 1. The zero-order chi connectivity index (χ0) is 15.0. The molecule has 0 spiro atoms. The van der Waals surface area contributed by atoms with E-state index >= 15 is 0 Å². The Kier molecular flexibility index (Phi) is 4.61. The maximum Gasteiger partial charge on any atom is 0.461 e. The van der Waals surface area contributed by atoms with Gasteiger partial charge in [0.05, 0.1) is 5.56 Å². The average Bonchev–Trinajstić information content (AvgIpc) is 2.29. The van der Waals surface area contributed by atoms with Crippen LogP contribution in [-0.2, 0) is 0 Å². The summed E-state index contributed by atoms with van der Waals surface area (Å²) in [6.45, 7) is 0. The minimum absolute atomic E-state index is 0.0274. The van der Waals surface area contributed by atoms with Crippen LogP contribution in [0.5, 0.6) is 0 Å². The van der Waals surface area contributed by atoms with Crippen molar-refractivity contribution in [2.24, 2.45) is 0 Å². The second-order valence-electron chi connectivity index (χ2n) is 3.37. The Balaban J connectivity index is 3.39. The van der Waals surface area contributed by atoms with Crippen molar-refractivity contribution in [1.29, 1.82) is 0 Å². The van der Waals surface area contributed by atoms with Gasteiger partial charge in [-0.1, -0.05) is 15.9 Å². The van der Waals surface area contributed by atoms with E-state index in [-0.39, 0.29) is 9.37 Å². The third-order valence-electron chi connectivity index (χ3n) is 2.11. The second-order valence-corrected chi connectivity index (χ2v) is 5.13. The Morgan fingerprint density at radius 1 is 1.21 bits per heavy atom. The lowest BCUT2D eigenvalue weighted by Gasteiger charge is -2.19. The topological polar surface area (TPSA) is 17.1 Å². The maximum absolute atomic E-state index is 13.7. The number of rotatable bonds is 3. The highest BCUT2D eigenvalue weighted by Crippen LogP contribution is 2.39. The standard InChI is InChI=1S/C10H5BrF6OS/c1-19-6-3-4(11)2-5(7(6)12)8(18)9(13,14)10(15,16)17/h2-3H,1H3. The van der Waals surface area contributed by atoms with Crippen LogP contribution in [0.25, 0.3) is 0 Å². The van der Waals surface area contributed by atoms with Crippen LogP contribution >= 0.6 is 27.7 Å². The SMILES string of the molecule is CSc1cc(Br)cc(C(=O)C(F)(F)C(F)(F)F)c1F. The average molecular weight is 367 g/mol. The molecule has 106 valence electrons. The fourth-order valence-corrected chi connectivity index (χ4v) is 2.32. The fraction of sp³-hybridized carbons (Fsp3) is 0.300. The Morgan fingerprint density at radius 3 is 2.16 bits per heavy atom. The molecular formula is C10H5BrF6OS. The van der Waals surface area contributed by atoms with E-state index in [9.17, 15) is 31.1 Å². The largest absolute Gasteiger partial charge is 0.461 e. The first-order valence-electron chi connectivity index (χ1n) is 4.54. The van der Waals surface area contributed by atoms with Crippen molar-refractivity contribution >= 4 is 33.5 Å². The van der Waals surface area contributed by atoms with Gasteiger partial charge in [-0.3, -0.25) is 4.79 Å². The van der Waals surface area contributed by atoms with E-state index in [2.05, 4.69) is 15.9 Å². The predicted molar refractivity (Wildman–Crippen MR) is 61.2 cm³/mol. The summed E-state index contributed by atoms with van der Waals surface area (Å²) in [5.41, 5.74) is -1.30. The molecule has 0 N–H and O–H groups in total. The quantitative estimate of drug-likeness (QED) is 0.438. The summed E-state index contributed by atoms with van der Waals surface area (Å²) in [5.74, 6) is -9.65. The Bertz CT molecular complexity index is 513. The van der Waals surface area contributed by atoms with Gasteiger partial charge in [0.15, 0.2) is 0 Å². The van der Waals surface area contributed by atoms with Crippen molar-refractivity contribution in [2.75, 3.05) is 6.26 Å². The maximum atomic E-state index is 13.7. The Labute approximate surface area is 116 Å². The number of Topliss-reactive ketones (excluding diaryl/α,β-unsaturated/α-hetero) is 1. The minimum Gasteiger partial charge on any atom is -0.287 e. The van der Waals surface area contributed by atoms with Crippen molar-refractivity contribution in [3.63, 3.8) is 0 Å². The van der Waals surface area contributed by atoms with Crippen molar-refractivity contribution in [3.05, 3.63) is 28.0 Å². The van der Waals surface area contributed by atoms with E-state index in [1.54, 1.807) is 0 Å². The molecule has 0 aliphatic carbocycles. The number of halogens is 7. The summed E-state index contributed by atoms with van der Waals surface area (Å²) in [5, 5.41) is 0. The van der Waals surface area contributed by atoms with E-state index < -0.39 is 29.3 Å². The lowest BCUT2D eigenvalue weighted by atomic mass is 10.0. The number of thioether (sulfide) groups is 1. The third kappa shape index (κ3) is 3.07. The number of hydrogen-bond donors (Lipinski definition) is 0. The van der Waals surface area contributed by atoms with Crippen LogP contribution in [0.4, 0.5) is 26.3 Å². The van der Waals surface area contributed by atoms with Crippen molar-refractivity contribution in [3.8, 4) is 0 Å². The van der Waals surface area contributed by atoms with Gasteiger partial charge in [0, 0.05) is 9.37 Å². The molecule has 0 saturated heterocycles. The fourth-order valence-electron chi connectivity index (χ4n) is 1.18. The molecule has 1 aromatic carbocycles. The molecule has 1 aromatic rings. The molecule has 0 atom stereocenters. The number of alkyl halides is 5. The number of carbonyl (C=O) groups excluding carboxylic acids is 1. The molecule has 9 heteroatoms. The van der Waals surface area contributed by atoms with E-state index in [0.717, 1.165) is 11.8 Å². The monoisotopic (exact) mass is 366 g/mol. The van der Waals surface area contributed by atoms with Crippen LogP contribution in [0, 0.1) is 5.82 Å². The molecule has 0 saturated carbocycles. The van der Waals surface area contributed by atoms with Gasteiger partial charge < -0.3 is 0 Å². The van der Waals surface area contributed by atoms with E-state index in [1.165, 1.54) is 12.3 Å². The molecule has 19 heavy (non-hydrogen) atoms. The van der Waals surface area contributed by atoms with Gasteiger partial charge in [-0.15, -0.1) is 11.8 Å². The molecule has 0 fully saturated rings. The zero-order valence-electron chi connectivity index (χ0n) is 9.12. The summed E-state index contributed by atoms with van der Waals surface area (Å²) in [6.07, 6.45) is -4.68. The molecule has 0 aliphatic heterocycles. The molecule has 0 heterocycles. The van der Waals surface area contributed by atoms with Crippen LogP contribution < -0.4 is 0 Å². The molecule has 0 radical (unpaired) electrons. The highest BCUT2D eigenvalue weighted by atomic mass is 79.9. The van der Waals surface area contributed by atoms with Gasteiger partial charge in [0.2, 0.25) is 5.78 Å². The van der Waals surface area contributed by atoms with Gasteiger partial charge in [0.1, 0.15) is 5.82 Å². The first kappa shape index (κ1) is 16.4. The molecule has 1 nitrogen and oxygen atoms in total. The van der Waals surface area contributed by atoms with Gasteiger partial charge in [-0.2, -0.15) is 22.0 Å². The molecule has 1 rings (SSSR count). The number of hydrogen-bond acceptors (Lipinski definition) is 2. The molecule has 0 bridgehead atoms. The summed E-state index contributed by atoms with van der Waals surface area (Å²) in [6, 6.07) is 1.76. The van der Waals surface area contributed by atoms with Gasteiger partial charge >= 0.3 is 12.1 Å². The summed E-state index contributed by atoms with van der Waals surface area (Å²) < 4.78 is 75.7. The number of ketones is 1. The van der Waals surface area contributed by atoms with Crippen molar-refractivity contribution in [1.82, 2.24) is 0 Å². The highest BCUT2D eigenvalue weighted by molar-refractivity contribution is 9.10. The van der Waals surface area contributed by atoms with E-state index in [0.29, 0.717) is 6.07 Å². The summed E-state index contributed by atoms with van der Waals surface area (Å²) in [4.78, 5) is 11.0. The predicted octanol–water partition coefficient (Wildman–Crippen LogP) is 4.69. The third-order valence-corrected chi connectivity index (χ3v) is 3.30. The molecule has 0 aliphatic rings. The number of carbonyl (C=O) groups is 1. The van der Waals surface area contributed by atoms with Crippen molar-refractivity contribution < 1.29 is 31.1 Å². The zero-order valence-corrected chi connectivity index (χ0v) is 11.5. The lowest BCUT2D eigenvalue weighted by molar-refractivity contribution is -0.255. The van der Waals surface area contributed by atoms with Gasteiger partial charge in [-0.05, 0) is 18.4 Å². The molecule has 0 amide bonds. The Hall–Kier alpha value is -0.700. The lowest BCUT2D eigenvalue weighted by Crippen LogP contribution is -2.44. The molecule has 0 aromatic heterocycles.